The van der Waals surface area contributed by atoms with Crippen molar-refractivity contribution in [1.82, 2.24) is 0 Å². The third kappa shape index (κ3) is 5.01. The monoisotopic (exact) mass is 374 g/mol. The number of ether oxygens (including phenoxy) is 2. The Bertz CT molecular complexity index is 893. The molecule has 6 heteroatoms. The lowest BCUT2D eigenvalue weighted by atomic mass is 10.0. The van der Waals surface area contributed by atoms with Gasteiger partial charge in [-0.15, -0.1) is 13.2 Å². The predicted octanol–water partition coefficient (Wildman–Crippen LogP) is 5.32. The van der Waals surface area contributed by atoms with Gasteiger partial charge in [0.15, 0.2) is 0 Å². The molecule has 0 unspecified atom stereocenters. The molecule has 3 aromatic rings. The highest BCUT2D eigenvalue weighted by Gasteiger charge is 2.32. The van der Waals surface area contributed by atoms with Gasteiger partial charge in [-0.25, -0.2) is 0 Å². The van der Waals surface area contributed by atoms with E-state index in [1.165, 1.54) is 12.1 Å². The molecule has 0 heterocycles. The fourth-order valence-electron chi connectivity index (χ4n) is 2.64. The van der Waals surface area contributed by atoms with E-state index in [0.29, 0.717) is 23.5 Å². The molecular weight excluding hydrogens is 357 g/mol. The first-order valence-electron chi connectivity index (χ1n) is 8.22. The van der Waals surface area contributed by atoms with Crippen LogP contribution in [0.1, 0.15) is 11.1 Å². The lowest BCUT2D eigenvalue weighted by Gasteiger charge is -2.16. The number of hydrogen-bond acceptors (Lipinski definition) is 3. The van der Waals surface area contributed by atoms with Gasteiger partial charge in [-0.1, -0.05) is 60.7 Å². The van der Waals surface area contributed by atoms with E-state index in [4.69, 9.17) is 4.74 Å². The molecule has 3 nitrogen and oxygen atoms in total. The Morgan fingerprint density at radius 1 is 0.815 bits per heavy atom. The van der Waals surface area contributed by atoms with Crippen molar-refractivity contribution in [3.8, 4) is 22.6 Å². The zero-order valence-electron chi connectivity index (χ0n) is 14.2. The minimum atomic E-state index is -4.84. The molecule has 0 aliphatic rings. The molecule has 1 N–H and O–H groups in total. The lowest BCUT2D eigenvalue weighted by Crippen LogP contribution is -2.18. The second kappa shape index (κ2) is 8.14. The summed E-state index contributed by atoms with van der Waals surface area (Å²) < 4.78 is 47.9. The summed E-state index contributed by atoms with van der Waals surface area (Å²) in [6.45, 7) is -0.226. The molecule has 3 rings (SSSR count). The highest BCUT2D eigenvalue weighted by molar-refractivity contribution is 5.72. The average Bonchev–Trinajstić information content (AvgIpc) is 2.66. The van der Waals surface area contributed by atoms with Gasteiger partial charge in [-0.2, -0.15) is 0 Å². The molecule has 27 heavy (non-hydrogen) atoms. The van der Waals surface area contributed by atoms with Crippen molar-refractivity contribution >= 4 is 0 Å². The third-order valence-electron chi connectivity index (χ3n) is 3.90. The zero-order valence-corrected chi connectivity index (χ0v) is 14.2. The predicted molar refractivity (Wildman–Crippen MR) is 95.3 cm³/mol. The summed E-state index contributed by atoms with van der Waals surface area (Å²) in [7, 11) is 0. The Labute approximate surface area is 154 Å². The second-order valence-electron chi connectivity index (χ2n) is 5.80. The zero-order chi connectivity index (χ0) is 19.3. The van der Waals surface area contributed by atoms with Crippen LogP contribution in [0.5, 0.6) is 11.5 Å². The molecule has 0 saturated heterocycles. The van der Waals surface area contributed by atoms with Crippen molar-refractivity contribution in [3.05, 3.63) is 83.9 Å². The van der Waals surface area contributed by atoms with E-state index in [0.717, 1.165) is 5.56 Å². The first-order chi connectivity index (χ1) is 13.0. The number of rotatable bonds is 6. The highest BCUT2D eigenvalue weighted by atomic mass is 19.4. The molecular formula is C21H17F3O3. The number of para-hydroxylation sites is 1. The normalized spacial score (nSPS) is 11.3. The van der Waals surface area contributed by atoms with E-state index in [-0.39, 0.29) is 5.56 Å². The molecule has 0 bridgehead atoms. The molecule has 0 amide bonds. The van der Waals surface area contributed by atoms with Crippen molar-refractivity contribution < 1.29 is 27.8 Å². The van der Waals surface area contributed by atoms with Crippen LogP contribution in [-0.4, -0.2) is 11.5 Å². The van der Waals surface area contributed by atoms with Gasteiger partial charge in [0.2, 0.25) is 0 Å². The number of aliphatic hydroxyl groups is 1. The maximum absolute atomic E-state index is 12.7. The van der Waals surface area contributed by atoms with Crippen LogP contribution < -0.4 is 9.47 Å². The number of benzene rings is 3. The van der Waals surface area contributed by atoms with Gasteiger partial charge in [0.05, 0.1) is 6.61 Å². The van der Waals surface area contributed by atoms with Crippen molar-refractivity contribution in [1.29, 1.82) is 0 Å². The van der Waals surface area contributed by atoms with Gasteiger partial charge in [0, 0.05) is 11.1 Å². The van der Waals surface area contributed by atoms with Gasteiger partial charge < -0.3 is 14.6 Å². The van der Waals surface area contributed by atoms with Crippen LogP contribution in [0.4, 0.5) is 13.2 Å². The van der Waals surface area contributed by atoms with E-state index >= 15 is 0 Å². The Hall–Kier alpha value is -2.99. The van der Waals surface area contributed by atoms with Crippen molar-refractivity contribution in [2.75, 3.05) is 0 Å². The minimum Gasteiger partial charge on any atom is -0.488 e. The molecule has 0 aliphatic carbocycles. The quantitative estimate of drug-likeness (QED) is 0.634. The van der Waals surface area contributed by atoms with E-state index in [1.54, 1.807) is 30.3 Å². The largest absolute Gasteiger partial charge is 0.573 e. The smallest absolute Gasteiger partial charge is 0.488 e. The second-order valence-corrected chi connectivity index (χ2v) is 5.80. The molecule has 0 fully saturated rings. The maximum Gasteiger partial charge on any atom is 0.573 e. The van der Waals surface area contributed by atoms with E-state index in [9.17, 15) is 18.3 Å². The van der Waals surface area contributed by atoms with Gasteiger partial charge in [-0.05, 0) is 23.3 Å². The van der Waals surface area contributed by atoms with Crippen LogP contribution in [0.2, 0.25) is 0 Å². The molecule has 0 spiro atoms. The first-order valence-corrected chi connectivity index (χ1v) is 8.22. The van der Waals surface area contributed by atoms with Crippen LogP contribution in [0.3, 0.4) is 0 Å². The number of hydrogen-bond donors (Lipinski definition) is 1. The molecule has 0 aromatic heterocycles. The van der Waals surface area contributed by atoms with Crippen LogP contribution in [0.25, 0.3) is 11.1 Å². The van der Waals surface area contributed by atoms with Gasteiger partial charge >= 0.3 is 6.36 Å². The molecule has 0 radical (unpaired) electrons. The molecule has 3 aromatic carbocycles. The summed E-state index contributed by atoms with van der Waals surface area (Å²) in [5, 5.41) is 9.27. The summed E-state index contributed by atoms with van der Waals surface area (Å²) in [5.74, 6) is 0.108. The van der Waals surface area contributed by atoms with Gasteiger partial charge in [0.25, 0.3) is 0 Å². The number of aliphatic hydroxyl groups excluding tert-OH is 1. The highest BCUT2D eigenvalue weighted by Crippen LogP contribution is 2.35. The minimum absolute atomic E-state index is 0.0544. The first kappa shape index (κ1) is 18.8. The summed E-state index contributed by atoms with van der Waals surface area (Å²) in [6, 6.07) is 20.9. The standard InChI is InChI=1S/C21H17F3O3/c22-21(23,24)27-20-12-16(10-11-17(20)13-25)18-8-4-5-9-19(18)26-14-15-6-2-1-3-7-15/h1-12,25H,13-14H2. The fraction of sp³-hybridized carbons (Fsp3) is 0.143. The lowest BCUT2D eigenvalue weighted by molar-refractivity contribution is -0.275. The average molecular weight is 374 g/mol. The summed E-state index contributed by atoms with van der Waals surface area (Å²) in [5.41, 5.74) is 2.16. The van der Waals surface area contributed by atoms with Crippen LogP contribution in [-0.2, 0) is 13.2 Å². The van der Waals surface area contributed by atoms with Crippen LogP contribution in [0, 0.1) is 0 Å². The Kier molecular flexibility index (Phi) is 5.66. The Balaban J connectivity index is 1.91. The van der Waals surface area contributed by atoms with E-state index in [2.05, 4.69) is 4.74 Å². The van der Waals surface area contributed by atoms with Gasteiger partial charge in [-0.3, -0.25) is 0 Å². The summed E-state index contributed by atoms with van der Waals surface area (Å²) >= 11 is 0. The van der Waals surface area contributed by atoms with Gasteiger partial charge in [0.1, 0.15) is 18.1 Å². The Morgan fingerprint density at radius 2 is 1.52 bits per heavy atom. The SMILES string of the molecule is OCc1ccc(-c2ccccc2OCc2ccccc2)cc1OC(F)(F)F. The van der Waals surface area contributed by atoms with Crippen molar-refractivity contribution in [2.24, 2.45) is 0 Å². The van der Waals surface area contributed by atoms with Crippen LogP contribution >= 0.6 is 0 Å². The molecule has 140 valence electrons. The fourth-order valence-corrected chi connectivity index (χ4v) is 2.64. The van der Waals surface area contributed by atoms with Crippen LogP contribution in [0.15, 0.2) is 72.8 Å². The van der Waals surface area contributed by atoms with Crippen molar-refractivity contribution in [3.63, 3.8) is 0 Å². The third-order valence-corrected chi connectivity index (χ3v) is 3.90. The molecule has 0 saturated carbocycles. The molecule has 0 aliphatic heterocycles. The topological polar surface area (TPSA) is 38.7 Å². The molecule has 0 atom stereocenters. The Morgan fingerprint density at radius 3 is 2.22 bits per heavy atom. The van der Waals surface area contributed by atoms with E-state index < -0.39 is 18.7 Å². The summed E-state index contributed by atoms with van der Waals surface area (Å²) in [6.07, 6.45) is -4.84. The van der Waals surface area contributed by atoms with Crippen molar-refractivity contribution in [2.45, 2.75) is 19.6 Å². The summed E-state index contributed by atoms with van der Waals surface area (Å²) in [4.78, 5) is 0. The maximum atomic E-state index is 12.7. The van der Waals surface area contributed by atoms with E-state index in [1.807, 2.05) is 30.3 Å². The number of alkyl halides is 3. The number of halogens is 3.